The molecule has 2 rings (SSSR count). The number of hydrogen-bond donors (Lipinski definition) is 1. The van der Waals surface area contributed by atoms with Gasteiger partial charge in [-0.05, 0) is 30.7 Å². The fraction of sp³-hybridized carbons (Fsp3) is 0.222. The van der Waals surface area contributed by atoms with Gasteiger partial charge in [-0.3, -0.25) is 4.98 Å². The maximum absolute atomic E-state index is 10.7. The minimum Gasteiger partial charge on any atom is -0.493 e. The first-order valence-corrected chi connectivity index (χ1v) is 7.38. The molecule has 0 unspecified atom stereocenters. The van der Waals surface area contributed by atoms with E-state index in [-0.39, 0.29) is 0 Å². The maximum Gasteiger partial charge on any atom is 0.328 e. The van der Waals surface area contributed by atoms with E-state index in [1.54, 1.807) is 30.6 Å². The lowest BCUT2D eigenvalue weighted by Gasteiger charge is -2.12. The smallest absolute Gasteiger partial charge is 0.328 e. The van der Waals surface area contributed by atoms with E-state index in [0.29, 0.717) is 30.3 Å². The van der Waals surface area contributed by atoms with Gasteiger partial charge in [-0.15, -0.1) is 0 Å². The average Bonchev–Trinajstić information content (AvgIpc) is 2.57. The van der Waals surface area contributed by atoms with Gasteiger partial charge in [-0.25, -0.2) is 4.79 Å². The first kappa shape index (κ1) is 16.5. The van der Waals surface area contributed by atoms with Gasteiger partial charge in [0.2, 0.25) is 0 Å². The van der Waals surface area contributed by atoms with Crippen molar-refractivity contribution in [2.75, 3.05) is 6.61 Å². The molecule has 2 aromatic rings. The highest BCUT2D eigenvalue weighted by atomic mass is 16.5. The van der Waals surface area contributed by atoms with Crippen molar-refractivity contribution in [3.63, 3.8) is 0 Å². The van der Waals surface area contributed by atoms with Gasteiger partial charge in [-0.2, -0.15) is 0 Å². The number of rotatable bonds is 8. The Morgan fingerprint density at radius 1 is 1.30 bits per heavy atom. The van der Waals surface area contributed by atoms with Crippen molar-refractivity contribution in [3.8, 4) is 11.5 Å². The Morgan fingerprint density at radius 2 is 2.17 bits per heavy atom. The van der Waals surface area contributed by atoms with Crippen molar-refractivity contribution in [3.05, 3.63) is 59.9 Å². The zero-order valence-electron chi connectivity index (χ0n) is 12.9. The second-order valence-electron chi connectivity index (χ2n) is 4.87. The fourth-order valence-corrected chi connectivity index (χ4v) is 1.89. The first-order valence-electron chi connectivity index (χ1n) is 7.38. The molecule has 23 heavy (non-hydrogen) atoms. The van der Waals surface area contributed by atoms with Crippen molar-refractivity contribution in [2.24, 2.45) is 0 Å². The molecule has 1 aromatic heterocycles. The predicted octanol–water partition coefficient (Wildman–Crippen LogP) is 3.55. The highest BCUT2D eigenvalue weighted by molar-refractivity contribution is 5.86. The van der Waals surface area contributed by atoms with E-state index in [1.165, 1.54) is 6.08 Å². The largest absolute Gasteiger partial charge is 0.493 e. The number of hydrogen-bond acceptors (Lipinski definition) is 4. The van der Waals surface area contributed by atoms with Gasteiger partial charge < -0.3 is 14.6 Å². The Bertz CT molecular complexity index is 668. The Hall–Kier alpha value is -2.82. The van der Waals surface area contributed by atoms with Crippen LogP contribution < -0.4 is 9.47 Å². The van der Waals surface area contributed by atoms with Crippen LogP contribution in [0.5, 0.6) is 11.5 Å². The van der Waals surface area contributed by atoms with Gasteiger partial charge in [0.05, 0.1) is 6.61 Å². The van der Waals surface area contributed by atoms with Crippen LogP contribution in [0.2, 0.25) is 0 Å². The molecule has 1 aromatic carbocycles. The van der Waals surface area contributed by atoms with Crippen LogP contribution in [0.25, 0.3) is 6.08 Å². The maximum atomic E-state index is 10.7. The zero-order chi connectivity index (χ0) is 16.5. The number of nitrogens with zero attached hydrogens (tertiary/aromatic N) is 1. The molecular formula is C18H19NO4. The number of pyridine rings is 1. The van der Waals surface area contributed by atoms with Crippen LogP contribution >= 0.6 is 0 Å². The van der Waals surface area contributed by atoms with Crippen molar-refractivity contribution < 1.29 is 19.4 Å². The van der Waals surface area contributed by atoms with Crippen molar-refractivity contribution in [2.45, 2.75) is 20.0 Å². The summed E-state index contributed by atoms with van der Waals surface area (Å²) in [6.07, 6.45) is 6.92. The Labute approximate surface area is 135 Å². The summed E-state index contributed by atoms with van der Waals surface area (Å²) < 4.78 is 11.4. The minimum atomic E-state index is -1.01. The molecule has 0 amide bonds. The summed E-state index contributed by atoms with van der Waals surface area (Å²) in [7, 11) is 0. The van der Waals surface area contributed by atoms with Gasteiger partial charge in [0.15, 0.2) is 0 Å². The lowest BCUT2D eigenvalue weighted by molar-refractivity contribution is -0.131. The summed E-state index contributed by atoms with van der Waals surface area (Å²) >= 11 is 0. The molecule has 0 radical (unpaired) electrons. The molecule has 0 aliphatic rings. The van der Waals surface area contributed by atoms with Crippen LogP contribution in [0.1, 0.15) is 24.5 Å². The Kier molecular flexibility index (Phi) is 6.17. The molecule has 5 nitrogen and oxygen atoms in total. The third-order valence-electron chi connectivity index (χ3n) is 2.98. The van der Waals surface area contributed by atoms with E-state index in [4.69, 9.17) is 14.6 Å². The normalized spacial score (nSPS) is 10.7. The van der Waals surface area contributed by atoms with Crippen LogP contribution in [-0.4, -0.2) is 22.7 Å². The van der Waals surface area contributed by atoms with Gasteiger partial charge in [0.1, 0.15) is 18.1 Å². The molecule has 0 saturated carbocycles. The number of aromatic nitrogens is 1. The Balaban J connectivity index is 2.18. The first-order chi connectivity index (χ1) is 11.2. The van der Waals surface area contributed by atoms with Gasteiger partial charge in [0.25, 0.3) is 0 Å². The molecule has 0 fully saturated rings. The molecular weight excluding hydrogens is 294 g/mol. The Morgan fingerprint density at radius 3 is 2.87 bits per heavy atom. The van der Waals surface area contributed by atoms with Crippen molar-refractivity contribution in [1.29, 1.82) is 0 Å². The average molecular weight is 313 g/mol. The van der Waals surface area contributed by atoms with E-state index in [2.05, 4.69) is 4.98 Å². The highest BCUT2D eigenvalue weighted by Crippen LogP contribution is 2.27. The fourth-order valence-electron chi connectivity index (χ4n) is 1.89. The number of benzene rings is 1. The van der Waals surface area contributed by atoms with Crippen LogP contribution in [0.4, 0.5) is 0 Å². The molecule has 0 aliphatic heterocycles. The number of ether oxygens (including phenoxy) is 2. The van der Waals surface area contributed by atoms with Gasteiger partial charge in [-0.1, -0.05) is 13.0 Å². The van der Waals surface area contributed by atoms with Crippen molar-refractivity contribution >= 4 is 12.0 Å². The summed E-state index contributed by atoms with van der Waals surface area (Å²) in [6.45, 7) is 3.00. The molecule has 1 heterocycles. The molecule has 0 spiro atoms. The third kappa shape index (κ3) is 5.47. The number of carboxylic acids is 1. The lowest BCUT2D eigenvalue weighted by atomic mass is 10.1. The molecule has 120 valence electrons. The van der Waals surface area contributed by atoms with E-state index in [1.807, 2.05) is 19.1 Å². The van der Waals surface area contributed by atoms with E-state index >= 15 is 0 Å². The van der Waals surface area contributed by atoms with E-state index in [9.17, 15) is 4.79 Å². The van der Waals surface area contributed by atoms with Crippen LogP contribution in [-0.2, 0) is 11.4 Å². The predicted molar refractivity (Wildman–Crippen MR) is 87.5 cm³/mol. The van der Waals surface area contributed by atoms with Crippen LogP contribution in [0.15, 0.2) is 48.8 Å². The molecule has 0 atom stereocenters. The number of carbonyl (C=O) groups is 1. The summed E-state index contributed by atoms with van der Waals surface area (Å²) in [6, 6.07) is 9.10. The van der Waals surface area contributed by atoms with Crippen LogP contribution in [0.3, 0.4) is 0 Å². The summed E-state index contributed by atoms with van der Waals surface area (Å²) in [5.74, 6) is 0.259. The van der Waals surface area contributed by atoms with Gasteiger partial charge in [0, 0.05) is 35.7 Å². The summed E-state index contributed by atoms with van der Waals surface area (Å²) in [4.78, 5) is 14.8. The van der Waals surface area contributed by atoms with Gasteiger partial charge >= 0.3 is 5.97 Å². The highest BCUT2D eigenvalue weighted by Gasteiger charge is 2.06. The molecule has 1 N–H and O–H groups in total. The second-order valence-corrected chi connectivity index (χ2v) is 4.87. The molecule has 5 heteroatoms. The third-order valence-corrected chi connectivity index (χ3v) is 2.98. The summed E-state index contributed by atoms with van der Waals surface area (Å²) in [5.41, 5.74) is 1.61. The lowest BCUT2D eigenvalue weighted by Crippen LogP contribution is -2.00. The molecule has 0 bridgehead atoms. The zero-order valence-corrected chi connectivity index (χ0v) is 12.9. The monoisotopic (exact) mass is 313 g/mol. The SMILES string of the molecule is CCCOc1ccc(C=CC(=O)O)c(OCc2cccnc2)c1. The molecule has 0 aliphatic carbocycles. The topological polar surface area (TPSA) is 68.7 Å². The van der Waals surface area contributed by atoms with Crippen LogP contribution in [0, 0.1) is 0 Å². The number of aliphatic carboxylic acids is 1. The number of carboxylic acid groups (broad SMARTS) is 1. The van der Waals surface area contributed by atoms with Crippen molar-refractivity contribution in [1.82, 2.24) is 4.98 Å². The van der Waals surface area contributed by atoms with E-state index in [0.717, 1.165) is 18.1 Å². The quantitative estimate of drug-likeness (QED) is 0.755. The minimum absolute atomic E-state index is 0.346. The van der Waals surface area contributed by atoms with E-state index < -0.39 is 5.97 Å². The second kappa shape index (κ2) is 8.58. The standard InChI is InChI=1S/C18H19NO4/c1-2-10-22-16-7-5-15(6-8-18(20)21)17(11-16)23-13-14-4-3-9-19-12-14/h3-9,11-12H,2,10,13H2,1H3,(H,20,21). The summed E-state index contributed by atoms with van der Waals surface area (Å²) in [5, 5.41) is 8.78. The molecule has 0 saturated heterocycles.